The van der Waals surface area contributed by atoms with E-state index in [2.05, 4.69) is 4.98 Å². The molecule has 0 radical (unpaired) electrons. The smallest absolute Gasteiger partial charge is 0.219 e. The number of hydrogen-bond acceptors (Lipinski definition) is 3. The summed E-state index contributed by atoms with van der Waals surface area (Å²) in [6.45, 7) is 2.17. The highest BCUT2D eigenvalue weighted by atomic mass is 32.1. The summed E-state index contributed by atoms with van der Waals surface area (Å²) in [7, 11) is 1.77. The molecule has 0 saturated heterocycles. The molecular formula is C7H10N2OS. The SMILES string of the molecule is CC(=O)N(C)Cc1nccs1. The Kier molecular flexibility index (Phi) is 2.59. The van der Waals surface area contributed by atoms with Crippen molar-refractivity contribution in [2.45, 2.75) is 13.5 Å². The molecular weight excluding hydrogens is 160 g/mol. The molecule has 0 unspecified atom stereocenters. The first kappa shape index (κ1) is 8.20. The number of nitrogens with zero attached hydrogens (tertiary/aromatic N) is 2. The van der Waals surface area contributed by atoms with E-state index in [0.29, 0.717) is 6.54 Å². The normalized spacial score (nSPS) is 9.64. The minimum atomic E-state index is 0.0696. The van der Waals surface area contributed by atoms with E-state index in [1.807, 2.05) is 5.38 Å². The summed E-state index contributed by atoms with van der Waals surface area (Å²) < 4.78 is 0. The molecule has 0 saturated carbocycles. The minimum absolute atomic E-state index is 0.0696. The van der Waals surface area contributed by atoms with E-state index in [1.165, 1.54) is 0 Å². The van der Waals surface area contributed by atoms with Crippen molar-refractivity contribution < 1.29 is 4.79 Å². The third kappa shape index (κ3) is 2.31. The fourth-order valence-corrected chi connectivity index (χ4v) is 1.31. The van der Waals surface area contributed by atoms with Gasteiger partial charge >= 0.3 is 0 Å². The van der Waals surface area contributed by atoms with Crippen molar-refractivity contribution in [3.05, 3.63) is 16.6 Å². The zero-order chi connectivity index (χ0) is 8.27. The fraction of sp³-hybridized carbons (Fsp3) is 0.429. The van der Waals surface area contributed by atoms with Crippen LogP contribution < -0.4 is 0 Å². The molecule has 1 heterocycles. The van der Waals surface area contributed by atoms with E-state index in [-0.39, 0.29) is 5.91 Å². The predicted octanol–water partition coefficient (Wildman–Crippen LogP) is 1.12. The van der Waals surface area contributed by atoms with Crippen LogP contribution in [0.5, 0.6) is 0 Å². The fourth-order valence-electron chi connectivity index (χ4n) is 0.645. The lowest BCUT2D eigenvalue weighted by molar-refractivity contribution is -0.128. The van der Waals surface area contributed by atoms with Crippen molar-refractivity contribution >= 4 is 17.2 Å². The first-order valence-electron chi connectivity index (χ1n) is 3.30. The Morgan fingerprint density at radius 2 is 2.55 bits per heavy atom. The summed E-state index contributed by atoms with van der Waals surface area (Å²) in [5.74, 6) is 0.0696. The molecule has 11 heavy (non-hydrogen) atoms. The van der Waals surface area contributed by atoms with Crippen molar-refractivity contribution in [1.82, 2.24) is 9.88 Å². The number of carbonyl (C=O) groups is 1. The average Bonchev–Trinajstić information content (AvgIpc) is 2.39. The van der Waals surface area contributed by atoms with Crippen LogP contribution in [0.1, 0.15) is 11.9 Å². The summed E-state index contributed by atoms with van der Waals surface area (Å²) in [5.41, 5.74) is 0. The maximum Gasteiger partial charge on any atom is 0.219 e. The van der Waals surface area contributed by atoms with Crippen LogP contribution in [-0.4, -0.2) is 22.8 Å². The molecule has 0 aliphatic rings. The highest BCUT2D eigenvalue weighted by molar-refractivity contribution is 7.09. The number of amides is 1. The van der Waals surface area contributed by atoms with Crippen LogP contribution >= 0.6 is 11.3 Å². The van der Waals surface area contributed by atoms with E-state index in [4.69, 9.17) is 0 Å². The van der Waals surface area contributed by atoms with Crippen LogP contribution in [0.2, 0.25) is 0 Å². The number of thiazole rings is 1. The van der Waals surface area contributed by atoms with Crippen molar-refractivity contribution in [3.8, 4) is 0 Å². The molecule has 0 aromatic carbocycles. The lowest BCUT2D eigenvalue weighted by atomic mass is 10.5. The second-order valence-corrected chi connectivity index (χ2v) is 3.28. The molecule has 0 aliphatic heterocycles. The molecule has 1 aromatic rings. The molecule has 4 heteroatoms. The van der Waals surface area contributed by atoms with Crippen molar-refractivity contribution in [3.63, 3.8) is 0 Å². The van der Waals surface area contributed by atoms with Crippen LogP contribution in [0.25, 0.3) is 0 Å². The summed E-state index contributed by atoms with van der Waals surface area (Å²) in [5, 5.41) is 2.88. The zero-order valence-electron chi connectivity index (χ0n) is 6.57. The highest BCUT2D eigenvalue weighted by Gasteiger charge is 2.03. The van der Waals surface area contributed by atoms with Crippen molar-refractivity contribution in [2.24, 2.45) is 0 Å². The second kappa shape index (κ2) is 3.48. The summed E-state index contributed by atoms with van der Waals surface area (Å²) in [6.07, 6.45) is 1.74. The Balaban J connectivity index is 2.50. The Labute approximate surface area is 69.7 Å². The second-order valence-electron chi connectivity index (χ2n) is 2.30. The molecule has 0 bridgehead atoms. The standard InChI is InChI=1S/C7H10N2OS/c1-6(10)9(2)5-7-8-3-4-11-7/h3-4H,5H2,1-2H3. The quantitative estimate of drug-likeness (QED) is 0.666. The number of rotatable bonds is 2. The average molecular weight is 170 g/mol. The van der Waals surface area contributed by atoms with Gasteiger partial charge in [-0.2, -0.15) is 0 Å². The molecule has 0 fully saturated rings. The van der Waals surface area contributed by atoms with E-state index in [0.717, 1.165) is 5.01 Å². The third-order valence-corrected chi connectivity index (χ3v) is 2.16. The Bertz CT molecular complexity index is 233. The number of aromatic nitrogens is 1. The van der Waals surface area contributed by atoms with E-state index in [9.17, 15) is 4.79 Å². The van der Waals surface area contributed by atoms with Crippen LogP contribution in [0, 0.1) is 0 Å². The molecule has 1 amide bonds. The van der Waals surface area contributed by atoms with Gasteiger partial charge < -0.3 is 4.90 Å². The van der Waals surface area contributed by atoms with Gasteiger partial charge in [0.25, 0.3) is 0 Å². The van der Waals surface area contributed by atoms with Crippen LogP contribution in [-0.2, 0) is 11.3 Å². The van der Waals surface area contributed by atoms with Gasteiger partial charge in [0.1, 0.15) is 5.01 Å². The van der Waals surface area contributed by atoms with Gasteiger partial charge in [-0.3, -0.25) is 4.79 Å². The van der Waals surface area contributed by atoms with Crippen molar-refractivity contribution in [2.75, 3.05) is 7.05 Å². The Morgan fingerprint density at radius 1 is 1.82 bits per heavy atom. The lowest BCUT2D eigenvalue weighted by Gasteiger charge is -2.11. The van der Waals surface area contributed by atoms with Gasteiger partial charge in [-0.25, -0.2) is 4.98 Å². The Hall–Kier alpha value is -0.900. The summed E-state index contributed by atoms with van der Waals surface area (Å²) >= 11 is 1.56. The van der Waals surface area contributed by atoms with Gasteiger partial charge in [0.05, 0.1) is 6.54 Å². The Morgan fingerprint density at radius 3 is 3.00 bits per heavy atom. The maximum absolute atomic E-state index is 10.8. The topological polar surface area (TPSA) is 33.2 Å². The first-order valence-corrected chi connectivity index (χ1v) is 4.18. The van der Waals surface area contributed by atoms with Gasteiger partial charge in [-0.1, -0.05) is 0 Å². The van der Waals surface area contributed by atoms with Crippen molar-refractivity contribution in [1.29, 1.82) is 0 Å². The number of carbonyl (C=O) groups excluding carboxylic acids is 1. The molecule has 0 spiro atoms. The molecule has 1 aromatic heterocycles. The van der Waals surface area contributed by atoms with Gasteiger partial charge in [-0.15, -0.1) is 11.3 Å². The van der Waals surface area contributed by atoms with Gasteiger partial charge in [0, 0.05) is 25.5 Å². The molecule has 0 N–H and O–H groups in total. The molecule has 0 aliphatic carbocycles. The zero-order valence-corrected chi connectivity index (χ0v) is 7.39. The molecule has 60 valence electrons. The molecule has 0 atom stereocenters. The van der Waals surface area contributed by atoms with Gasteiger partial charge in [0.2, 0.25) is 5.91 Å². The van der Waals surface area contributed by atoms with Crippen LogP contribution in [0.3, 0.4) is 0 Å². The monoisotopic (exact) mass is 170 g/mol. The summed E-state index contributed by atoms with van der Waals surface area (Å²) in [6, 6.07) is 0. The molecule has 1 rings (SSSR count). The van der Waals surface area contributed by atoms with Gasteiger partial charge in [-0.05, 0) is 0 Å². The lowest BCUT2D eigenvalue weighted by Crippen LogP contribution is -2.22. The van der Waals surface area contributed by atoms with Gasteiger partial charge in [0.15, 0.2) is 0 Å². The maximum atomic E-state index is 10.8. The predicted molar refractivity (Wildman–Crippen MR) is 44.3 cm³/mol. The minimum Gasteiger partial charge on any atom is -0.339 e. The van der Waals surface area contributed by atoms with Crippen LogP contribution in [0.15, 0.2) is 11.6 Å². The summed E-state index contributed by atoms with van der Waals surface area (Å²) in [4.78, 5) is 16.5. The molecule has 3 nitrogen and oxygen atoms in total. The number of hydrogen-bond donors (Lipinski definition) is 0. The van der Waals surface area contributed by atoms with Crippen LogP contribution in [0.4, 0.5) is 0 Å². The van der Waals surface area contributed by atoms with E-state index in [1.54, 1.807) is 36.4 Å². The van der Waals surface area contributed by atoms with E-state index < -0.39 is 0 Å². The largest absolute Gasteiger partial charge is 0.339 e. The third-order valence-electron chi connectivity index (χ3n) is 1.39. The van der Waals surface area contributed by atoms with E-state index >= 15 is 0 Å². The first-order chi connectivity index (χ1) is 5.20. The highest BCUT2D eigenvalue weighted by Crippen LogP contribution is 2.06.